The molecule has 1 heteroatoms. The van der Waals surface area contributed by atoms with E-state index in [9.17, 15) is 0 Å². The summed E-state index contributed by atoms with van der Waals surface area (Å²) in [6.45, 7) is 6.33. The lowest BCUT2D eigenvalue weighted by Gasteiger charge is -1.98. The Bertz CT molecular complexity index is 274. The van der Waals surface area contributed by atoms with E-state index < -0.39 is 0 Å². The molecule has 0 aliphatic carbocycles. The molecule has 0 unspecified atom stereocenters. The molecule has 0 amide bonds. The molecule has 0 bridgehead atoms. The molecule has 1 aromatic carbocycles. The number of hydrogen-bond donors (Lipinski definition) is 0. The molecule has 0 heterocycles. The fourth-order valence-electron chi connectivity index (χ4n) is 0.938. The van der Waals surface area contributed by atoms with Gasteiger partial charge in [-0.1, -0.05) is 32.0 Å². The summed E-state index contributed by atoms with van der Waals surface area (Å²) in [6, 6.07) is 8.16. The van der Waals surface area contributed by atoms with E-state index in [1.165, 1.54) is 5.56 Å². The number of hydrogen-bond acceptors (Lipinski definition) is 1. The third-order valence-electron chi connectivity index (χ3n) is 1.63. The van der Waals surface area contributed by atoms with Gasteiger partial charge in [-0.15, -0.1) is 0 Å². The van der Waals surface area contributed by atoms with Crippen LogP contribution in [0.4, 0.5) is 5.69 Å². The monoisotopic (exact) mass is 161 g/mol. The van der Waals surface area contributed by atoms with Gasteiger partial charge in [-0.2, -0.15) is 0 Å². The number of benzene rings is 1. The van der Waals surface area contributed by atoms with Gasteiger partial charge in [-0.3, -0.25) is 4.99 Å². The van der Waals surface area contributed by atoms with Gasteiger partial charge in [0.2, 0.25) is 0 Å². The largest absolute Gasteiger partial charge is 0.261 e. The van der Waals surface area contributed by atoms with Crippen LogP contribution in [0.1, 0.15) is 19.4 Å². The molecule has 0 saturated heterocycles. The van der Waals surface area contributed by atoms with E-state index in [1.807, 2.05) is 24.4 Å². The first-order valence-electron chi connectivity index (χ1n) is 4.30. The predicted molar refractivity (Wildman–Crippen MR) is 54.2 cm³/mol. The Kier molecular flexibility index (Phi) is 3.03. The summed E-state index contributed by atoms with van der Waals surface area (Å²) in [5.74, 6) is 0.518. The van der Waals surface area contributed by atoms with Crippen molar-refractivity contribution in [1.82, 2.24) is 0 Å². The Morgan fingerprint density at radius 3 is 2.50 bits per heavy atom. The van der Waals surface area contributed by atoms with Crippen molar-refractivity contribution < 1.29 is 0 Å². The minimum absolute atomic E-state index is 0.518. The summed E-state index contributed by atoms with van der Waals surface area (Å²) in [7, 11) is 0. The van der Waals surface area contributed by atoms with Crippen LogP contribution in [0.2, 0.25) is 0 Å². The van der Waals surface area contributed by atoms with Crippen molar-refractivity contribution >= 4 is 11.9 Å². The number of rotatable bonds is 2. The molecule has 1 rings (SSSR count). The molecule has 0 aliphatic heterocycles. The van der Waals surface area contributed by atoms with Gasteiger partial charge in [0.15, 0.2) is 0 Å². The van der Waals surface area contributed by atoms with Gasteiger partial charge in [0, 0.05) is 6.21 Å². The zero-order valence-corrected chi connectivity index (χ0v) is 7.91. The molecule has 0 radical (unpaired) electrons. The van der Waals surface area contributed by atoms with E-state index in [0.29, 0.717) is 5.92 Å². The average Bonchev–Trinajstić information content (AvgIpc) is 2.03. The quantitative estimate of drug-likeness (QED) is 0.590. The summed E-state index contributed by atoms with van der Waals surface area (Å²) in [5, 5.41) is 0. The molecule has 0 aromatic heterocycles. The highest BCUT2D eigenvalue weighted by Crippen LogP contribution is 2.16. The summed E-state index contributed by atoms with van der Waals surface area (Å²) in [4.78, 5) is 4.38. The Morgan fingerprint density at radius 2 is 1.92 bits per heavy atom. The van der Waals surface area contributed by atoms with Crippen LogP contribution in [-0.2, 0) is 0 Å². The van der Waals surface area contributed by atoms with Crippen LogP contribution in [0.15, 0.2) is 29.3 Å². The second-order valence-corrected chi connectivity index (χ2v) is 3.31. The number of aliphatic imine (C=N–C) groups is 1. The first-order valence-corrected chi connectivity index (χ1v) is 4.30. The zero-order valence-electron chi connectivity index (χ0n) is 7.91. The second-order valence-electron chi connectivity index (χ2n) is 3.31. The highest BCUT2D eigenvalue weighted by atomic mass is 14.7. The van der Waals surface area contributed by atoms with Crippen molar-refractivity contribution in [2.24, 2.45) is 10.9 Å². The van der Waals surface area contributed by atoms with E-state index >= 15 is 0 Å². The molecule has 1 aromatic rings. The topological polar surface area (TPSA) is 12.4 Å². The minimum Gasteiger partial charge on any atom is -0.261 e. The number of para-hydroxylation sites is 1. The lowest BCUT2D eigenvalue weighted by molar-refractivity contribution is 0.907. The molecule has 64 valence electrons. The molecule has 12 heavy (non-hydrogen) atoms. The van der Waals surface area contributed by atoms with E-state index in [2.05, 4.69) is 31.8 Å². The Labute approximate surface area is 74.2 Å². The van der Waals surface area contributed by atoms with Crippen LogP contribution in [0.3, 0.4) is 0 Å². The average molecular weight is 161 g/mol. The molecule has 0 aliphatic rings. The molecular weight excluding hydrogens is 146 g/mol. The first-order chi connectivity index (χ1) is 5.70. The van der Waals surface area contributed by atoms with Crippen molar-refractivity contribution in [3.63, 3.8) is 0 Å². The van der Waals surface area contributed by atoms with Crippen LogP contribution in [0, 0.1) is 12.8 Å². The van der Waals surface area contributed by atoms with Crippen molar-refractivity contribution in [3.8, 4) is 0 Å². The van der Waals surface area contributed by atoms with E-state index in [1.54, 1.807) is 0 Å². The van der Waals surface area contributed by atoms with Gasteiger partial charge in [0.25, 0.3) is 0 Å². The lowest BCUT2D eigenvalue weighted by Crippen LogP contribution is -1.86. The Hall–Kier alpha value is -1.11. The third kappa shape index (κ3) is 2.50. The highest BCUT2D eigenvalue weighted by molar-refractivity contribution is 5.66. The maximum atomic E-state index is 4.38. The van der Waals surface area contributed by atoms with E-state index in [4.69, 9.17) is 0 Å². The van der Waals surface area contributed by atoms with Gasteiger partial charge < -0.3 is 0 Å². The summed E-state index contributed by atoms with van der Waals surface area (Å²) >= 11 is 0. The van der Waals surface area contributed by atoms with Crippen LogP contribution in [-0.4, -0.2) is 6.21 Å². The third-order valence-corrected chi connectivity index (χ3v) is 1.63. The van der Waals surface area contributed by atoms with Gasteiger partial charge in [0.1, 0.15) is 0 Å². The van der Waals surface area contributed by atoms with E-state index in [-0.39, 0.29) is 0 Å². The molecule has 0 N–H and O–H groups in total. The Morgan fingerprint density at radius 1 is 1.25 bits per heavy atom. The van der Waals surface area contributed by atoms with Crippen molar-refractivity contribution in [1.29, 1.82) is 0 Å². The molecule has 0 spiro atoms. The molecule has 0 saturated carbocycles. The normalized spacial score (nSPS) is 11.3. The fourth-order valence-corrected chi connectivity index (χ4v) is 0.938. The van der Waals surface area contributed by atoms with E-state index in [0.717, 1.165) is 5.69 Å². The summed E-state index contributed by atoms with van der Waals surface area (Å²) < 4.78 is 0. The van der Waals surface area contributed by atoms with Crippen molar-refractivity contribution in [2.75, 3.05) is 0 Å². The minimum atomic E-state index is 0.518. The van der Waals surface area contributed by atoms with Gasteiger partial charge in [-0.25, -0.2) is 0 Å². The van der Waals surface area contributed by atoms with Gasteiger partial charge in [0.05, 0.1) is 5.69 Å². The molecule has 0 atom stereocenters. The maximum Gasteiger partial charge on any atom is 0.0654 e. The number of nitrogens with zero attached hydrogens (tertiary/aromatic N) is 1. The van der Waals surface area contributed by atoms with Crippen molar-refractivity contribution in [2.45, 2.75) is 20.8 Å². The highest BCUT2D eigenvalue weighted by Gasteiger charge is 1.92. The standard InChI is InChI=1S/C11H15N/c1-9(2)8-12-11-7-5-4-6-10(11)3/h4-9H,1-3H3. The molecule has 1 nitrogen and oxygen atoms in total. The number of aryl methyl sites for hydroxylation is 1. The zero-order chi connectivity index (χ0) is 8.97. The molecule has 0 fully saturated rings. The van der Waals surface area contributed by atoms with Crippen LogP contribution >= 0.6 is 0 Å². The summed E-state index contributed by atoms with van der Waals surface area (Å²) in [6.07, 6.45) is 1.97. The second kappa shape index (κ2) is 4.05. The maximum absolute atomic E-state index is 4.38. The van der Waals surface area contributed by atoms with Crippen molar-refractivity contribution in [3.05, 3.63) is 29.8 Å². The molecular formula is C11H15N. The predicted octanol–water partition coefficient (Wildman–Crippen LogP) is 3.35. The SMILES string of the molecule is Cc1ccccc1N=CC(C)C. The first kappa shape index (κ1) is 8.98. The van der Waals surface area contributed by atoms with Crippen LogP contribution < -0.4 is 0 Å². The van der Waals surface area contributed by atoms with Gasteiger partial charge >= 0.3 is 0 Å². The van der Waals surface area contributed by atoms with Gasteiger partial charge in [-0.05, 0) is 24.5 Å². The smallest absolute Gasteiger partial charge is 0.0654 e. The fraction of sp³-hybridized carbons (Fsp3) is 0.364. The Balaban J connectivity index is 2.82. The lowest BCUT2D eigenvalue weighted by atomic mass is 10.2. The van der Waals surface area contributed by atoms with Crippen LogP contribution in [0.5, 0.6) is 0 Å². The van der Waals surface area contributed by atoms with Crippen LogP contribution in [0.25, 0.3) is 0 Å². The summed E-state index contributed by atoms with van der Waals surface area (Å²) in [5.41, 5.74) is 2.31.